The number of hydrogen-bond acceptors (Lipinski definition) is 0. The van der Waals surface area contributed by atoms with E-state index in [1.54, 1.807) is 0 Å². The van der Waals surface area contributed by atoms with Gasteiger partial charge in [0.2, 0.25) is 0 Å². The van der Waals surface area contributed by atoms with Crippen molar-refractivity contribution in [3.8, 4) is 0 Å². The number of hydrogen-bond donors (Lipinski definition) is 0. The Kier molecular flexibility index (Phi) is 5.68. The van der Waals surface area contributed by atoms with Crippen LogP contribution in [0.1, 0.15) is 40.5 Å². The third-order valence-electron chi connectivity index (χ3n) is 1.79. The first-order valence-electron chi connectivity index (χ1n) is 3.96. The molecule has 0 aliphatic carbocycles. The van der Waals surface area contributed by atoms with Gasteiger partial charge in [-0.25, -0.2) is 0 Å². The second kappa shape index (κ2) is 5.35. The number of rotatable bonds is 4. The Balaban J connectivity index is 3.22. The monoisotopic (exact) mass is 190 g/mol. The van der Waals surface area contributed by atoms with Crippen LogP contribution in [0.5, 0.6) is 0 Å². The van der Waals surface area contributed by atoms with Crippen LogP contribution >= 0.6 is 0 Å². The van der Waals surface area contributed by atoms with Crippen molar-refractivity contribution in [2.45, 2.75) is 49.9 Å². The van der Waals surface area contributed by atoms with Crippen molar-refractivity contribution in [3.63, 3.8) is 0 Å². The van der Waals surface area contributed by atoms with Gasteiger partial charge in [0.1, 0.15) is 0 Å². The zero-order valence-electron chi connectivity index (χ0n) is 7.07. The van der Waals surface area contributed by atoms with E-state index < -0.39 is 0 Å². The normalized spacial score (nSPS) is 18.7. The Labute approximate surface area is 66.1 Å². The molecule has 0 spiro atoms. The molecule has 0 aromatic carbocycles. The van der Waals surface area contributed by atoms with Crippen molar-refractivity contribution in [1.82, 2.24) is 0 Å². The van der Waals surface area contributed by atoms with Crippen LogP contribution in [0, 0.1) is 0 Å². The Morgan fingerprint density at radius 1 is 1.00 bits per heavy atom. The molecule has 0 aliphatic heterocycles. The fraction of sp³-hybridized carbons (Fsp3) is 1.00. The Bertz CT molecular complexity index is 53.6. The predicted octanol–water partition coefficient (Wildman–Crippen LogP) is 2.86. The van der Waals surface area contributed by atoms with Gasteiger partial charge in [0.05, 0.1) is 0 Å². The molecule has 0 bridgehead atoms. The van der Waals surface area contributed by atoms with E-state index >= 15 is 0 Å². The third kappa shape index (κ3) is 5.03. The van der Waals surface area contributed by atoms with Gasteiger partial charge in [-0.3, -0.25) is 0 Å². The van der Waals surface area contributed by atoms with Crippen LogP contribution < -0.4 is 0 Å². The predicted molar refractivity (Wildman–Crippen MR) is 46.6 cm³/mol. The molecule has 2 atom stereocenters. The molecule has 0 saturated carbocycles. The van der Waals surface area contributed by atoms with Crippen LogP contribution in [0.4, 0.5) is 0 Å². The van der Waals surface area contributed by atoms with Crippen molar-refractivity contribution in [3.05, 3.63) is 0 Å². The molecule has 2 unspecified atom stereocenters. The van der Waals surface area contributed by atoms with E-state index in [1.807, 2.05) is 0 Å². The summed E-state index contributed by atoms with van der Waals surface area (Å²) in [6.45, 7) is 9.39. The van der Waals surface area contributed by atoms with Gasteiger partial charge < -0.3 is 0 Å². The SMILES string of the molecule is CCC(C)[AsH]C(C)CC. The topological polar surface area (TPSA) is 0 Å². The molecular weight excluding hydrogens is 171 g/mol. The Morgan fingerprint density at radius 2 is 1.33 bits per heavy atom. The summed E-state index contributed by atoms with van der Waals surface area (Å²) in [6, 6.07) is 0. The van der Waals surface area contributed by atoms with E-state index in [4.69, 9.17) is 0 Å². The van der Waals surface area contributed by atoms with Crippen LogP contribution in [0.25, 0.3) is 0 Å². The minimum atomic E-state index is 0.375. The summed E-state index contributed by atoms with van der Waals surface area (Å²) in [5.74, 6) is 0. The molecule has 0 amide bonds. The molecule has 0 nitrogen and oxygen atoms in total. The van der Waals surface area contributed by atoms with Gasteiger partial charge in [-0.2, -0.15) is 0 Å². The van der Waals surface area contributed by atoms with Crippen molar-refractivity contribution >= 4 is 15.8 Å². The summed E-state index contributed by atoms with van der Waals surface area (Å²) in [6.07, 6.45) is 2.79. The summed E-state index contributed by atoms with van der Waals surface area (Å²) in [5, 5.41) is 0. The van der Waals surface area contributed by atoms with E-state index in [-0.39, 0.29) is 0 Å². The summed E-state index contributed by atoms with van der Waals surface area (Å²) >= 11 is 0.375. The minimum absolute atomic E-state index is 0.375. The average molecular weight is 190 g/mol. The average Bonchev–Trinajstić information content (AvgIpc) is 1.87. The van der Waals surface area contributed by atoms with Crippen molar-refractivity contribution in [1.29, 1.82) is 0 Å². The molecule has 0 aromatic rings. The van der Waals surface area contributed by atoms with E-state index in [1.165, 1.54) is 12.8 Å². The third-order valence-corrected chi connectivity index (χ3v) is 5.89. The molecule has 0 saturated heterocycles. The quantitative estimate of drug-likeness (QED) is 0.598. The van der Waals surface area contributed by atoms with E-state index in [0.29, 0.717) is 15.8 Å². The second-order valence-corrected chi connectivity index (χ2v) is 7.62. The fourth-order valence-corrected chi connectivity index (χ4v) is 3.75. The summed E-state index contributed by atoms with van der Waals surface area (Å²) in [5.41, 5.74) is 0. The van der Waals surface area contributed by atoms with Crippen molar-refractivity contribution < 1.29 is 0 Å². The zero-order chi connectivity index (χ0) is 7.28. The van der Waals surface area contributed by atoms with Gasteiger partial charge >= 0.3 is 65.7 Å². The second-order valence-electron chi connectivity index (χ2n) is 2.79. The molecule has 0 fully saturated rings. The molecule has 0 heterocycles. The van der Waals surface area contributed by atoms with Gasteiger partial charge in [-0.05, 0) is 0 Å². The summed E-state index contributed by atoms with van der Waals surface area (Å²) in [7, 11) is 0. The van der Waals surface area contributed by atoms with Gasteiger partial charge in [0, 0.05) is 0 Å². The maximum atomic E-state index is 2.40. The molecule has 9 heavy (non-hydrogen) atoms. The zero-order valence-corrected chi connectivity index (χ0v) is 9.17. The Morgan fingerprint density at radius 3 is 1.56 bits per heavy atom. The molecule has 0 aromatic heterocycles. The summed E-state index contributed by atoms with van der Waals surface area (Å²) in [4.78, 5) is 0. The van der Waals surface area contributed by atoms with E-state index in [9.17, 15) is 0 Å². The van der Waals surface area contributed by atoms with E-state index in [0.717, 1.165) is 9.41 Å². The van der Waals surface area contributed by atoms with Gasteiger partial charge in [-0.1, -0.05) is 0 Å². The van der Waals surface area contributed by atoms with Crippen LogP contribution in [0.15, 0.2) is 0 Å². The van der Waals surface area contributed by atoms with Crippen molar-refractivity contribution in [2.75, 3.05) is 0 Å². The Hall–Kier alpha value is 0.558. The van der Waals surface area contributed by atoms with Crippen LogP contribution in [0.3, 0.4) is 0 Å². The first-order valence-corrected chi connectivity index (χ1v) is 6.39. The molecule has 0 rings (SSSR count). The van der Waals surface area contributed by atoms with E-state index in [2.05, 4.69) is 27.7 Å². The molecular formula is C8H19As. The molecule has 1 heteroatoms. The van der Waals surface area contributed by atoms with Crippen LogP contribution in [-0.4, -0.2) is 15.8 Å². The van der Waals surface area contributed by atoms with Crippen molar-refractivity contribution in [2.24, 2.45) is 0 Å². The maximum absolute atomic E-state index is 2.40. The van der Waals surface area contributed by atoms with Crippen LogP contribution in [-0.2, 0) is 0 Å². The molecule has 0 radical (unpaired) electrons. The molecule has 0 N–H and O–H groups in total. The molecule has 0 aliphatic rings. The van der Waals surface area contributed by atoms with Gasteiger partial charge in [-0.15, -0.1) is 0 Å². The molecule has 56 valence electrons. The first kappa shape index (κ1) is 9.56. The van der Waals surface area contributed by atoms with Gasteiger partial charge in [0.15, 0.2) is 0 Å². The standard InChI is InChI=1S/C8H19As/c1-5-7(3)9-8(4)6-2/h7-9H,5-6H2,1-4H3. The summed E-state index contributed by atoms with van der Waals surface area (Å²) < 4.78 is 2.11. The van der Waals surface area contributed by atoms with Crippen LogP contribution in [0.2, 0.25) is 9.41 Å². The first-order chi connectivity index (χ1) is 4.20. The fourth-order valence-electron chi connectivity index (χ4n) is 0.721. The van der Waals surface area contributed by atoms with Gasteiger partial charge in [0.25, 0.3) is 0 Å².